The molecule has 0 fully saturated rings. The van der Waals surface area contributed by atoms with Gasteiger partial charge in [0, 0.05) is 23.9 Å². The van der Waals surface area contributed by atoms with Crippen LogP contribution in [0.15, 0.2) is 66.7 Å². The van der Waals surface area contributed by atoms with Crippen LogP contribution in [-0.2, 0) is 4.79 Å². The number of hydrogen-bond donors (Lipinski definition) is 1. The van der Waals surface area contributed by atoms with Crippen molar-refractivity contribution in [3.63, 3.8) is 0 Å². The van der Waals surface area contributed by atoms with Crippen LogP contribution in [0.5, 0.6) is 0 Å². The first kappa shape index (κ1) is 15.6. The molecular weight excluding hydrogens is 270 g/mol. The summed E-state index contributed by atoms with van der Waals surface area (Å²) in [5.74, 6) is 5.35. The number of carbonyl (C=O) groups excluding carboxylic acids is 1. The van der Waals surface area contributed by atoms with Gasteiger partial charge in [-0.05, 0) is 30.0 Å². The molecule has 0 saturated heterocycles. The molecule has 0 aliphatic heterocycles. The SMILES string of the molecule is CCCN/C(=C\C(=O)C#Cc1ccccc1)c1ccccc1. The van der Waals surface area contributed by atoms with E-state index in [9.17, 15) is 4.79 Å². The van der Waals surface area contributed by atoms with Crippen molar-refractivity contribution >= 4 is 11.5 Å². The van der Waals surface area contributed by atoms with Crippen LogP contribution in [0.3, 0.4) is 0 Å². The van der Waals surface area contributed by atoms with Gasteiger partial charge < -0.3 is 5.32 Å². The minimum atomic E-state index is -0.202. The van der Waals surface area contributed by atoms with Gasteiger partial charge in [-0.25, -0.2) is 0 Å². The molecule has 0 radical (unpaired) electrons. The second kappa shape index (κ2) is 8.49. The van der Waals surface area contributed by atoms with E-state index in [1.54, 1.807) is 6.08 Å². The fraction of sp³-hybridized carbons (Fsp3) is 0.150. The van der Waals surface area contributed by atoms with Crippen molar-refractivity contribution in [2.75, 3.05) is 6.54 Å². The number of carbonyl (C=O) groups is 1. The third-order valence-corrected chi connectivity index (χ3v) is 3.03. The predicted octanol–water partition coefficient (Wildman–Crippen LogP) is 3.65. The lowest BCUT2D eigenvalue weighted by molar-refractivity contribution is -0.109. The molecule has 2 aromatic carbocycles. The van der Waals surface area contributed by atoms with Crippen molar-refractivity contribution in [3.8, 4) is 11.8 Å². The summed E-state index contributed by atoms with van der Waals surface area (Å²) in [5, 5.41) is 3.29. The quantitative estimate of drug-likeness (QED) is 0.672. The van der Waals surface area contributed by atoms with E-state index in [-0.39, 0.29) is 5.78 Å². The van der Waals surface area contributed by atoms with Gasteiger partial charge in [0.2, 0.25) is 5.78 Å². The highest BCUT2D eigenvalue weighted by Crippen LogP contribution is 2.10. The molecule has 0 aromatic heterocycles. The molecule has 110 valence electrons. The Labute approximate surface area is 131 Å². The van der Waals surface area contributed by atoms with Gasteiger partial charge in [0.25, 0.3) is 0 Å². The van der Waals surface area contributed by atoms with Gasteiger partial charge in [-0.1, -0.05) is 61.4 Å². The average Bonchev–Trinajstić information content (AvgIpc) is 2.58. The summed E-state index contributed by atoms with van der Waals surface area (Å²) in [5.41, 5.74) is 2.65. The van der Waals surface area contributed by atoms with Gasteiger partial charge in [-0.2, -0.15) is 0 Å². The lowest BCUT2D eigenvalue weighted by atomic mass is 10.1. The average molecular weight is 289 g/mol. The number of hydrogen-bond acceptors (Lipinski definition) is 2. The van der Waals surface area contributed by atoms with Crippen molar-refractivity contribution in [1.29, 1.82) is 0 Å². The monoisotopic (exact) mass is 289 g/mol. The Balaban J connectivity index is 2.18. The molecule has 2 aromatic rings. The molecule has 0 atom stereocenters. The van der Waals surface area contributed by atoms with Gasteiger partial charge in [0.05, 0.1) is 0 Å². The molecule has 0 bridgehead atoms. The topological polar surface area (TPSA) is 29.1 Å². The lowest BCUT2D eigenvalue weighted by Gasteiger charge is -2.09. The van der Waals surface area contributed by atoms with Gasteiger partial charge in [-0.15, -0.1) is 0 Å². The number of benzene rings is 2. The highest BCUT2D eigenvalue weighted by Gasteiger charge is 2.02. The van der Waals surface area contributed by atoms with Crippen LogP contribution >= 0.6 is 0 Å². The normalized spacial score (nSPS) is 10.5. The van der Waals surface area contributed by atoms with Crippen molar-refractivity contribution < 1.29 is 4.79 Å². The summed E-state index contributed by atoms with van der Waals surface area (Å²) in [6.45, 7) is 2.91. The van der Waals surface area contributed by atoms with Crippen molar-refractivity contribution in [3.05, 3.63) is 77.9 Å². The summed E-state index contributed by atoms with van der Waals surface area (Å²) >= 11 is 0. The highest BCUT2D eigenvalue weighted by atomic mass is 16.1. The molecule has 2 nitrogen and oxygen atoms in total. The van der Waals surface area contributed by atoms with E-state index in [0.29, 0.717) is 0 Å². The van der Waals surface area contributed by atoms with E-state index >= 15 is 0 Å². The maximum atomic E-state index is 12.1. The molecule has 0 amide bonds. The van der Waals surface area contributed by atoms with Gasteiger partial charge in [0.15, 0.2) is 0 Å². The first-order valence-electron chi connectivity index (χ1n) is 7.41. The van der Waals surface area contributed by atoms with Crippen molar-refractivity contribution in [2.24, 2.45) is 0 Å². The number of ketones is 1. The Hall–Kier alpha value is -2.79. The summed E-state index contributed by atoms with van der Waals surface area (Å²) in [6.07, 6.45) is 2.56. The van der Waals surface area contributed by atoms with Crippen LogP contribution in [-0.4, -0.2) is 12.3 Å². The maximum absolute atomic E-state index is 12.1. The molecular formula is C20H19NO. The van der Waals surface area contributed by atoms with Gasteiger partial charge in [0.1, 0.15) is 0 Å². The first-order valence-corrected chi connectivity index (χ1v) is 7.41. The maximum Gasteiger partial charge on any atom is 0.231 e. The number of allylic oxidation sites excluding steroid dienone is 1. The zero-order chi connectivity index (χ0) is 15.6. The Morgan fingerprint density at radius 1 is 1.05 bits per heavy atom. The van der Waals surface area contributed by atoms with Gasteiger partial charge >= 0.3 is 0 Å². The molecule has 0 saturated carbocycles. The second-order valence-electron chi connectivity index (χ2n) is 4.83. The number of rotatable bonds is 5. The van der Waals surface area contributed by atoms with Crippen molar-refractivity contribution in [1.82, 2.24) is 5.32 Å². The van der Waals surface area contributed by atoms with Crippen molar-refractivity contribution in [2.45, 2.75) is 13.3 Å². The van der Waals surface area contributed by atoms with Crippen LogP contribution in [0.2, 0.25) is 0 Å². The molecule has 0 aliphatic carbocycles. The van der Waals surface area contributed by atoms with Crippen LogP contribution in [0.25, 0.3) is 5.70 Å². The van der Waals surface area contributed by atoms with Crippen LogP contribution in [0.1, 0.15) is 24.5 Å². The minimum Gasteiger partial charge on any atom is -0.384 e. The second-order valence-corrected chi connectivity index (χ2v) is 4.83. The summed E-state index contributed by atoms with van der Waals surface area (Å²) in [4.78, 5) is 12.1. The number of nitrogens with one attached hydrogen (secondary N) is 1. The van der Waals surface area contributed by atoms with Crippen LogP contribution < -0.4 is 5.32 Å². The molecule has 22 heavy (non-hydrogen) atoms. The first-order chi connectivity index (χ1) is 10.8. The standard InChI is InChI=1S/C20H19NO/c1-2-15-21-20(18-11-7-4-8-12-18)16-19(22)14-13-17-9-5-3-6-10-17/h3-12,16,21H,2,15H2,1H3/b20-16-. The molecule has 2 heteroatoms. The molecule has 0 unspecified atom stereocenters. The molecule has 0 spiro atoms. The molecule has 2 rings (SSSR count). The summed E-state index contributed by atoms with van der Waals surface area (Å²) < 4.78 is 0. The van der Waals surface area contributed by atoms with E-state index < -0.39 is 0 Å². The fourth-order valence-electron chi connectivity index (χ4n) is 1.94. The predicted molar refractivity (Wildman–Crippen MR) is 91.0 cm³/mol. The Morgan fingerprint density at radius 2 is 1.68 bits per heavy atom. The zero-order valence-electron chi connectivity index (χ0n) is 12.7. The minimum absolute atomic E-state index is 0.202. The third-order valence-electron chi connectivity index (χ3n) is 3.03. The van der Waals surface area contributed by atoms with E-state index in [0.717, 1.165) is 29.8 Å². The van der Waals surface area contributed by atoms with E-state index in [1.165, 1.54) is 0 Å². The Morgan fingerprint density at radius 3 is 2.32 bits per heavy atom. The lowest BCUT2D eigenvalue weighted by Crippen LogP contribution is -2.14. The molecule has 0 aliphatic rings. The fourth-order valence-corrected chi connectivity index (χ4v) is 1.94. The summed E-state index contributed by atoms with van der Waals surface area (Å²) in [6, 6.07) is 19.3. The smallest absolute Gasteiger partial charge is 0.231 e. The molecule has 0 heterocycles. The zero-order valence-corrected chi connectivity index (χ0v) is 12.7. The van der Waals surface area contributed by atoms with Crippen LogP contribution in [0.4, 0.5) is 0 Å². The Kier molecular flexibility index (Phi) is 6.02. The van der Waals surface area contributed by atoms with E-state index in [1.807, 2.05) is 60.7 Å². The summed E-state index contributed by atoms with van der Waals surface area (Å²) in [7, 11) is 0. The Bertz CT molecular complexity index is 691. The van der Waals surface area contributed by atoms with Gasteiger partial charge in [-0.3, -0.25) is 4.79 Å². The third kappa shape index (κ3) is 4.96. The van der Waals surface area contributed by atoms with E-state index in [4.69, 9.17) is 0 Å². The van der Waals surface area contributed by atoms with E-state index in [2.05, 4.69) is 24.1 Å². The molecule has 1 N–H and O–H groups in total. The highest BCUT2D eigenvalue weighted by molar-refractivity contribution is 6.08. The largest absolute Gasteiger partial charge is 0.384 e. The van der Waals surface area contributed by atoms with Crippen LogP contribution in [0, 0.1) is 11.8 Å².